The van der Waals surface area contributed by atoms with Crippen molar-refractivity contribution in [2.75, 3.05) is 23.9 Å². The van der Waals surface area contributed by atoms with Gasteiger partial charge in [-0.25, -0.2) is 14.4 Å². The third kappa shape index (κ3) is 3.16. The molecule has 0 aliphatic rings. The van der Waals surface area contributed by atoms with E-state index in [1.54, 1.807) is 13.1 Å². The number of anilines is 3. The fourth-order valence-corrected chi connectivity index (χ4v) is 1.94. The first-order chi connectivity index (χ1) is 9.66. The monoisotopic (exact) mass is 289 g/mol. The van der Waals surface area contributed by atoms with Crippen LogP contribution in [-0.4, -0.2) is 23.3 Å². The molecule has 0 aliphatic heterocycles. The summed E-state index contributed by atoms with van der Waals surface area (Å²) in [6.45, 7) is 0. The fraction of sp³-hybridized carbons (Fsp3) is 0.154. The molecule has 102 valence electrons. The van der Waals surface area contributed by atoms with E-state index >= 15 is 0 Å². The Morgan fingerprint density at radius 2 is 2.00 bits per heavy atom. The van der Waals surface area contributed by atoms with Gasteiger partial charge in [-0.2, -0.15) is 5.26 Å². The number of hydrogen-bond donors (Lipinski definition) is 2. The summed E-state index contributed by atoms with van der Waals surface area (Å²) in [7, 11) is 1.76. The predicted molar refractivity (Wildman–Crippen MR) is 77.8 cm³/mol. The largest absolute Gasteiger partial charge is 0.373 e. The second kappa shape index (κ2) is 6.21. The molecular weight excluding hydrogens is 277 g/mol. The maximum atomic E-state index is 13.1. The van der Waals surface area contributed by atoms with Crippen molar-refractivity contribution in [3.05, 3.63) is 35.6 Å². The Kier molecular flexibility index (Phi) is 4.38. The second-order valence-corrected chi connectivity index (χ2v) is 4.58. The molecular formula is C13H12FN5S. The van der Waals surface area contributed by atoms with Crippen LogP contribution in [-0.2, 0) is 0 Å². The first kappa shape index (κ1) is 14.1. The molecule has 0 fully saturated rings. The molecule has 7 heteroatoms. The van der Waals surface area contributed by atoms with Crippen molar-refractivity contribution in [1.82, 2.24) is 9.97 Å². The zero-order chi connectivity index (χ0) is 14.5. The van der Waals surface area contributed by atoms with Crippen LogP contribution in [0.3, 0.4) is 0 Å². The maximum Gasteiger partial charge on any atom is 0.191 e. The SMILES string of the molecule is CNc1cc(Nc2ccc(F)cc2C#N)nc(SC)n1. The van der Waals surface area contributed by atoms with Crippen molar-refractivity contribution < 1.29 is 4.39 Å². The Hall–Kier alpha value is -2.33. The highest BCUT2D eigenvalue weighted by Gasteiger charge is 2.07. The van der Waals surface area contributed by atoms with Crippen LogP contribution in [0.5, 0.6) is 0 Å². The summed E-state index contributed by atoms with van der Waals surface area (Å²) in [5.74, 6) is 0.750. The van der Waals surface area contributed by atoms with Gasteiger partial charge in [-0.3, -0.25) is 0 Å². The van der Waals surface area contributed by atoms with E-state index < -0.39 is 5.82 Å². The summed E-state index contributed by atoms with van der Waals surface area (Å²) in [6.07, 6.45) is 1.87. The number of rotatable bonds is 4. The first-order valence-corrected chi connectivity index (χ1v) is 6.96. The number of halogens is 1. The minimum Gasteiger partial charge on any atom is -0.373 e. The zero-order valence-corrected chi connectivity index (χ0v) is 11.8. The molecule has 0 saturated heterocycles. The van der Waals surface area contributed by atoms with Crippen molar-refractivity contribution in [2.45, 2.75) is 5.16 Å². The summed E-state index contributed by atoms with van der Waals surface area (Å²) >= 11 is 1.41. The van der Waals surface area contributed by atoms with Gasteiger partial charge in [0.15, 0.2) is 5.16 Å². The predicted octanol–water partition coefficient (Wildman–Crippen LogP) is 2.99. The molecule has 1 aromatic carbocycles. The highest BCUT2D eigenvalue weighted by atomic mass is 32.2. The molecule has 0 aliphatic carbocycles. The van der Waals surface area contributed by atoms with E-state index in [9.17, 15) is 4.39 Å². The number of nitrogens with one attached hydrogen (secondary N) is 2. The van der Waals surface area contributed by atoms with Crippen LogP contribution in [0.4, 0.5) is 21.7 Å². The second-order valence-electron chi connectivity index (χ2n) is 3.80. The third-order valence-corrected chi connectivity index (χ3v) is 3.06. The van der Waals surface area contributed by atoms with Crippen molar-refractivity contribution in [3.63, 3.8) is 0 Å². The van der Waals surface area contributed by atoms with Gasteiger partial charge in [0.25, 0.3) is 0 Å². The van der Waals surface area contributed by atoms with Gasteiger partial charge in [0.05, 0.1) is 11.3 Å². The summed E-state index contributed by atoms with van der Waals surface area (Å²) in [6, 6.07) is 7.64. The average Bonchev–Trinajstić information content (AvgIpc) is 2.48. The summed E-state index contributed by atoms with van der Waals surface area (Å²) < 4.78 is 13.1. The highest BCUT2D eigenvalue weighted by Crippen LogP contribution is 2.23. The van der Waals surface area contributed by atoms with Crippen LogP contribution in [0.15, 0.2) is 29.4 Å². The van der Waals surface area contributed by atoms with E-state index in [2.05, 4.69) is 20.6 Å². The minimum absolute atomic E-state index is 0.223. The molecule has 0 radical (unpaired) electrons. The Bertz CT molecular complexity index is 646. The summed E-state index contributed by atoms with van der Waals surface area (Å²) in [5.41, 5.74) is 0.724. The van der Waals surface area contributed by atoms with Crippen LogP contribution in [0.25, 0.3) is 0 Å². The fourth-order valence-electron chi connectivity index (χ4n) is 1.56. The Labute approximate surface area is 120 Å². The quantitative estimate of drug-likeness (QED) is 0.666. The van der Waals surface area contributed by atoms with E-state index in [1.165, 1.54) is 30.0 Å². The lowest BCUT2D eigenvalue weighted by molar-refractivity contribution is 0.627. The standard InChI is InChI=1S/C13H12FN5S/c1-16-11-6-12(19-13(18-11)20-2)17-10-4-3-9(14)5-8(10)7-15/h3-6H,1-2H3,(H2,16,17,18,19). The lowest BCUT2D eigenvalue weighted by Gasteiger charge is -2.10. The van der Waals surface area contributed by atoms with Gasteiger partial charge in [0.2, 0.25) is 0 Å². The van der Waals surface area contributed by atoms with Crippen LogP contribution in [0.2, 0.25) is 0 Å². The normalized spacial score (nSPS) is 9.90. The lowest BCUT2D eigenvalue weighted by Crippen LogP contribution is -2.01. The van der Waals surface area contributed by atoms with Gasteiger partial charge >= 0.3 is 0 Å². The average molecular weight is 289 g/mol. The molecule has 0 saturated carbocycles. The number of hydrogen-bond acceptors (Lipinski definition) is 6. The molecule has 0 bridgehead atoms. The molecule has 1 heterocycles. The van der Waals surface area contributed by atoms with Crippen LogP contribution in [0, 0.1) is 17.1 Å². The number of nitrogens with zero attached hydrogens (tertiary/aromatic N) is 3. The Morgan fingerprint density at radius 3 is 2.65 bits per heavy atom. The highest BCUT2D eigenvalue weighted by molar-refractivity contribution is 7.98. The molecule has 0 amide bonds. The minimum atomic E-state index is -0.449. The van der Waals surface area contributed by atoms with Gasteiger partial charge in [-0.05, 0) is 24.5 Å². The molecule has 1 aromatic heterocycles. The topological polar surface area (TPSA) is 73.6 Å². The van der Waals surface area contributed by atoms with Crippen LogP contribution in [0.1, 0.15) is 5.56 Å². The van der Waals surface area contributed by atoms with Gasteiger partial charge < -0.3 is 10.6 Å². The van der Waals surface area contributed by atoms with E-state index in [0.29, 0.717) is 22.5 Å². The van der Waals surface area contributed by atoms with Crippen molar-refractivity contribution in [2.24, 2.45) is 0 Å². The Morgan fingerprint density at radius 1 is 1.25 bits per heavy atom. The van der Waals surface area contributed by atoms with E-state index in [-0.39, 0.29) is 5.56 Å². The van der Waals surface area contributed by atoms with Gasteiger partial charge in [0.1, 0.15) is 23.5 Å². The van der Waals surface area contributed by atoms with Gasteiger partial charge in [-0.15, -0.1) is 0 Å². The first-order valence-electron chi connectivity index (χ1n) is 5.73. The van der Waals surface area contributed by atoms with E-state index in [1.807, 2.05) is 12.3 Å². The lowest BCUT2D eigenvalue weighted by atomic mass is 10.2. The molecule has 0 unspecified atom stereocenters. The van der Waals surface area contributed by atoms with Crippen LogP contribution >= 0.6 is 11.8 Å². The number of thioether (sulfide) groups is 1. The van der Waals surface area contributed by atoms with Crippen molar-refractivity contribution in [3.8, 4) is 6.07 Å². The van der Waals surface area contributed by atoms with Gasteiger partial charge in [-0.1, -0.05) is 11.8 Å². The van der Waals surface area contributed by atoms with Crippen molar-refractivity contribution in [1.29, 1.82) is 5.26 Å². The van der Waals surface area contributed by atoms with Crippen LogP contribution < -0.4 is 10.6 Å². The molecule has 0 spiro atoms. The molecule has 20 heavy (non-hydrogen) atoms. The van der Waals surface area contributed by atoms with E-state index in [0.717, 1.165) is 0 Å². The van der Waals surface area contributed by atoms with E-state index in [4.69, 9.17) is 5.26 Å². The molecule has 0 atom stereocenters. The number of aromatic nitrogens is 2. The summed E-state index contributed by atoms with van der Waals surface area (Å²) in [5, 5.41) is 15.6. The molecule has 2 rings (SSSR count). The molecule has 2 N–H and O–H groups in total. The third-order valence-electron chi connectivity index (χ3n) is 2.51. The molecule has 5 nitrogen and oxygen atoms in total. The zero-order valence-electron chi connectivity index (χ0n) is 10.9. The smallest absolute Gasteiger partial charge is 0.191 e. The number of nitriles is 1. The van der Waals surface area contributed by atoms with Gasteiger partial charge in [0, 0.05) is 13.1 Å². The Balaban J connectivity index is 2.37. The summed E-state index contributed by atoms with van der Waals surface area (Å²) in [4.78, 5) is 8.53. The maximum absolute atomic E-state index is 13.1. The number of benzene rings is 1. The van der Waals surface area contributed by atoms with Crippen molar-refractivity contribution >= 4 is 29.1 Å². The molecule has 2 aromatic rings.